The topological polar surface area (TPSA) is 54.0 Å². The molecule has 0 aliphatic rings. The van der Waals surface area contributed by atoms with Crippen LogP contribution in [0.5, 0.6) is 11.5 Å². The van der Waals surface area contributed by atoms with Gasteiger partial charge in [0.15, 0.2) is 0 Å². The quantitative estimate of drug-likeness (QED) is 0.649. The fraction of sp³-hybridized carbons (Fsp3) is 0.381. The second-order valence-electron chi connectivity index (χ2n) is 5.34. The SMILES string of the molecule is CC.COC[C@H](C)Oc1cc(OCc2ccccc2)cc(C(=O)OC)c1. The molecule has 2 aromatic carbocycles. The van der Waals surface area contributed by atoms with Gasteiger partial charge in [0.2, 0.25) is 0 Å². The van der Waals surface area contributed by atoms with Gasteiger partial charge in [0.25, 0.3) is 0 Å². The number of methoxy groups -OCH3 is 2. The van der Waals surface area contributed by atoms with Gasteiger partial charge in [-0.2, -0.15) is 0 Å². The summed E-state index contributed by atoms with van der Waals surface area (Å²) in [4.78, 5) is 11.8. The first-order valence-electron chi connectivity index (χ1n) is 8.68. The fourth-order valence-electron chi connectivity index (χ4n) is 2.20. The van der Waals surface area contributed by atoms with Crippen molar-refractivity contribution in [2.45, 2.75) is 33.5 Å². The standard InChI is InChI=1S/C19H22O5.C2H6/c1-14(12-21-2)24-18-10-16(19(20)22-3)9-17(11-18)23-13-15-7-5-4-6-8-15;1-2/h4-11,14H,12-13H2,1-3H3;1-2H3/t14-;/m0./s1. The number of ether oxygens (including phenoxy) is 4. The van der Waals surface area contributed by atoms with Gasteiger partial charge >= 0.3 is 5.97 Å². The molecule has 0 aliphatic carbocycles. The van der Waals surface area contributed by atoms with Crippen LogP contribution in [-0.2, 0) is 16.1 Å². The molecule has 0 bridgehead atoms. The molecule has 0 fully saturated rings. The van der Waals surface area contributed by atoms with Gasteiger partial charge in [-0.3, -0.25) is 0 Å². The summed E-state index contributed by atoms with van der Waals surface area (Å²) < 4.78 is 21.4. The Morgan fingerprint density at radius 2 is 1.65 bits per heavy atom. The minimum absolute atomic E-state index is 0.148. The first-order chi connectivity index (χ1) is 12.6. The molecule has 26 heavy (non-hydrogen) atoms. The lowest BCUT2D eigenvalue weighted by Gasteiger charge is -2.16. The summed E-state index contributed by atoms with van der Waals surface area (Å²) in [6.07, 6.45) is -0.148. The maximum atomic E-state index is 11.8. The summed E-state index contributed by atoms with van der Waals surface area (Å²) in [7, 11) is 2.95. The Morgan fingerprint density at radius 1 is 1.00 bits per heavy atom. The molecule has 2 aromatic rings. The zero-order valence-electron chi connectivity index (χ0n) is 16.2. The molecule has 5 heteroatoms. The van der Waals surface area contributed by atoms with Gasteiger partial charge in [-0.15, -0.1) is 0 Å². The monoisotopic (exact) mass is 360 g/mol. The first kappa shape index (κ1) is 21.5. The highest BCUT2D eigenvalue weighted by molar-refractivity contribution is 5.90. The van der Waals surface area contributed by atoms with Crippen LogP contribution in [0.2, 0.25) is 0 Å². The zero-order valence-corrected chi connectivity index (χ0v) is 16.2. The Morgan fingerprint density at radius 3 is 2.27 bits per heavy atom. The molecule has 0 unspecified atom stereocenters. The molecule has 0 N–H and O–H groups in total. The van der Waals surface area contributed by atoms with E-state index in [2.05, 4.69) is 0 Å². The molecule has 142 valence electrons. The van der Waals surface area contributed by atoms with Crippen molar-refractivity contribution >= 4 is 5.97 Å². The van der Waals surface area contributed by atoms with Crippen molar-refractivity contribution in [3.05, 3.63) is 59.7 Å². The molecule has 0 saturated heterocycles. The van der Waals surface area contributed by atoms with Crippen molar-refractivity contribution in [2.75, 3.05) is 20.8 Å². The molecule has 0 saturated carbocycles. The normalized spacial score (nSPS) is 11.0. The van der Waals surface area contributed by atoms with Crippen LogP contribution >= 0.6 is 0 Å². The van der Waals surface area contributed by atoms with Crippen molar-refractivity contribution in [1.29, 1.82) is 0 Å². The maximum Gasteiger partial charge on any atom is 0.338 e. The van der Waals surface area contributed by atoms with E-state index in [4.69, 9.17) is 18.9 Å². The van der Waals surface area contributed by atoms with Gasteiger partial charge in [-0.1, -0.05) is 44.2 Å². The molecular weight excluding hydrogens is 332 g/mol. The largest absolute Gasteiger partial charge is 0.489 e. The Balaban J connectivity index is 0.00000163. The van der Waals surface area contributed by atoms with Crippen molar-refractivity contribution in [1.82, 2.24) is 0 Å². The van der Waals surface area contributed by atoms with E-state index in [1.807, 2.05) is 51.1 Å². The van der Waals surface area contributed by atoms with Crippen molar-refractivity contribution in [3.8, 4) is 11.5 Å². The number of hydrogen-bond acceptors (Lipinski definition) is 5. The number of carbonyl (C=O) groups is 1. The number of rotatable bonds is 8. The average Bonchev–Trinajstić information content (AvgIpc) is 2.68. The van der Waals surface area contributed by atoms with Crippen molar-refractivity contribution in [3.63, 3.8) is 0 Å². The van der Waals surface area contributed by atoms with Crippen LogP contribution in [0.15, 0.2) is 48.5 Å². The van der Waals surface area contributed by atoms with E-state index in [1.54, 1.807) is 25.3 Å². The van der Waals surface area contributed by atoms with E-state index in [0.717, 1.165) is 5.56 Å². The molecule has 0 amide bonds. The molecule has 0 heterocycles. The van der Waals surface area contributed by atoms with E-state index in [1.165, 1.54) is 7.11 Å². The fourth-order valence-corrected chi connectivity index (χ4v) is 2.20. The lowest BCUT2D eigenvalue weighted by atomic mass is 10.2. The summed E-state index contributed by atoms with van der Waals surface area (Å²) in [6.45, 7) is 6.74. The van der Waals surface area contributed by atoms with E-state index < -0.39 is 5.97 Å². The van der Waals surface area contributed by atoms with E-state index >= 15 is 0 Å². The third-order valence-corrected chi connectivity index (χ3v) is 3.29. The maximum absolute atomic E-state index is 11.8. The average molecular weight is 360 g/mol. The minimum Gasteiger partial charge on any atom is -0.489 e. The van der Waals surface area contributed by atoms with Gasteiger partial charge in [-0.05, 0) is 24.6 Å². The third kappa shape index (κ3) is 7.15. The zero-order chi connectivity index (χ0) is 19.4. The van der Waals surface area contributed by atoms with Gasteiger partial charge in [0.05, 0.1) is 19.3 Å². The lowest BCUT2D eigenvalue weighted by molar-refractivity contribution is 0.0598. The molecular formula is C21H28O5. The van der Waals surface area contributed by atoms with Crippen molar-refractivity contribution in [2.24, 2.45) is 0 Å². The smallest absolute Gasteiger partial charge is 0.338 e. The third-order valence-electron chi connectivity index (χ3n) is 3.29. The summed E-state index contributed by atoms with van der Waals surface area (Å²) in [5.74, 6) is 0.635. The van der Waals surface area contributed by atoms with Gasteiger partial charge in [0.1, 0.15) is 24.2 Å². The number of benzene rings is 2. The molecule has 5 nitrogen and oxygen atoms in total. The molecule has 0 spiro atoms. The highest BCUT2D eigenvalue weighted by atomic mass is 16.5. The summed E-state index contributed by atoms with van der Waals surface area (Å²) in [6, 6.07) is 14.8. The Bertz CT molecular complexity index is 655. The highest BCUT2D eigenvalue weighted by Crippen LogP contribution is 2.25. The van der Waals surface area contributed by atoms with Crippen LogP contribution in [0.4, 0.5) is 0 Å². The Kier molecular flexibility index (Phi) is 9.87. The van der Waals surface area contributed by atoms with Crippen LogP contribution in [0.25, 0.3) is 0 Å². The van der Waals surface area contributed by atoms with Crippen LogP contribution in [-0.4, -0.2) is 32.9 Å². The first-order valence-corrected chi connectivity index (χ1v) is 8.68. The molecule has 2 rings (SSSR count). The number of esters is 1. The van der Waals surface area contributed by atoms with Gasteiger partial charge in [0, 0.05) is 13.2 Å². The lowest BCUT2D eigenvalue weighted by Crippen LogP contribution is -2.18. The summed E-state index contributed by atoms with van der Waals surface area (Å²) >= 11 is 0. The predicted molar refractivity (Wildman–Crippen MR) is 102 cm³/mol. The molecule has 0 aliphatic heterocycles. The minimum atomic E-state index is -0.440. The summed E-state index contributed by atoms with van der Waals surface area (Å²) in [5, 5.41) is 0. The Hall–Kier alpha value is -2.53. The predicted octanol–water partition coefficient (Wildman–Crippen LogP) is 4.49. The summed E-state index contributed by atoms with van der Waals surface area (Å²) in [5.41, 5.74) is 1.42. The molecule has 1 atom stereocenters. The second kappa shape index (κ2) is 11.9. The van der Waals surface area contributed by atoms with Gasteiger partial charge in [-0.25, -0.2) is 4.79 Å². The molecule has 0 aromatic heterocycles. The van der Waals surface area contributed by atoms with Crippen LogP contribution in [0, 0.1) is 0 Å². The van der Waals surface area contributed by atoms with E-state index in [9.17, 15) is 4.79 Å². The van der Waals surface area contributed by atoms with Gasteiger partial charge < -0.3 is 18.9 Å². The Labute approximate surface area is 155 Å². The number of carbonyl (C=O) groups excluding carboxylic acids is 1. The van der Waals surface area contributed by atoms with Crippen molar-refractivity contribution < 1.29 is 23.7 Å². The van der Waals surface area contributed by atoms with Crippen LogP contribution in [0.3, 0.4) is 0 Å². The second-order valence-corrected chi connectivity index (χ2v) is 5.34. The molecule has 0 radical (unpaired) electrons. The highest BCUT2D eigenvalue weighted by Gasteiger charge is 2.12. The van der Waals surface area contributed by atoms with E-state index in [-0.39, 0.29) is 6.10 Å². The van der Waals surface area contributed by atoms with E-state index in [0.29, 0.717) is 30.3 Å². The van der Waals surface area contributed by atoms with Crippen LogP contribution < -0.4 is 9.47 Å². The van der Waals surface area contributed by atoms with Crippen LogP contribution in [0.1, 0.15) is 36.7 Å². The number of hydrogen-bond donors (Lipinski definition) is 0.